The summed E-state index contributed by atoms with van der Waals surface area (Å²) in [6, 6.07) is 0. The number of aromatic nitrogens is 2. The van der Waals surface area contributed by atoms with E-state index in [1.807, 2.05) is 33.9 Å². The van der Waals surface area contributed by atoms with Crippen LogP contribution in [0.1, 0.15) is 59.8 Å². The number of nitrogens with zero attached hydrogens (tertiary/aromatic N) is 1. The molecule has 1 aromatic heterocycles. The van der Waals surface area contributed by atoms with Crippen LogP contribution < -0.4 is 11.2 Å². The Bertz CT molecular complexity index is 1020. The predicted molar refractivity (Wildman–Crippen MR) is 130 cm³/mol. The summed E-state index contributed by atoms with van der Waals surface area (Å²) in [5.41, 5.74) is -4.02. The Morgan fingerprint density at radius 3 is 2.09 bits per heavy atom. The fraction of sp³-hybridized carbons (Fsp3) is 0.818. The summed E-state index contributed by atoms with van der Waals surface area (Å²) in [4.78, 5) is 26.0. The molecule has 0 amide bonds. The lowest BCUT2D eigenvalue weighted by molar-refractivity contribution is -0.139. The molecular weight excluding hydrogens is 485 g/mol. The number of ether oxygens (including phenoxy) is 1. The van der Waals surface area contributed by atoms with Gasteiger partial charge in [-0.2, -0.15) is 13.2 Å². The highest BCUT2D eigenvalue weighted by Gasteiger charge is 2.62. The summed E-state index contributed by atoms with van der Waals surface area (Å²) in [7, 11) is -4.83. The molecule has 196 valence electrons. The molecule has 3 atom stereocenters. The highest BCUT2D eigenvalue weighted by atomic mass is 28.4. The number of halogens is 3. The predicted octanol–water partition coefficient (Wildman–Crippen LogP) is 4.64. The molecule has 2 rings (SSSR count). The molecule has 1 aliphatic heterocycles. The van der Waals surface area contributed by atoms with Crippen molar-refractivity contribution in [2.75, 3.05) is 6.61 Å². The maximum Gasteiger partial charge on any atom is 0.423 e. The van der Waals surface area contributed by atoms with Crippen molar-refractivity contribution >= 4 is 16.4 Å². The Labute approximate surface area is 200 Å². The van der Waals surface area contributed by atoms with E-state index >= 15 is 0 Å². The molecule has 7 nitrogen and oxygen atoms in total. The molecule has 1 saturated heterocycles. The van der Waals surface area contributed by atoms with E-state index in [4.69, 9.17) is 9.16 Å². The average molecular weight is 525 g/mol. The quantitative estimate of drug-likeness (QED) is 0.547. The molecule has 1 fully saturated rings. The number of rotatable bonds is 5. The van der Waals surface area contributed by atoms with E-state index in [1.165, 1.54) is 0 Å². The SMILES string of the molecule is CC(C)(C)[Si](C)(C)OC[C@H]1O[C@@H](n2cc(C(F)(F)F)c(=O)[nH]c2=O)C[C@@]1(O)[Si](C)(C)C(C)(C)C. The molecular formula is C22H39F3N2O5Si2. The fourth-order valence-electron chi connectivity index (χ4n) is 3.80. The monoisotopic (exact) mass is 524 g/mol. The molecule has 0 spiro atoms. The number of nitrogens with one attached hydrogen (secondary N) is 1. The van der Waals surface area contributed by atoms with Gasteiger partial charge in [-0.15, -0.1) is 0 Å². The Kier molecular flexibility index (Phi) is 7.44. The lowest BCUT2D eigenvalue weighted by Crippen LogP contribution is -2.65. The van der Waals surface area contributed by atoms with Crippen molar-refractivity contribution < 1.29 is 27.4 Å². The molecule has 12 heteroatoms. The van der Waals surface area contributed by atoms with Crippen molar-refractivity contribution in [1.82, 2.24) is 9.55 Å². The summed E-state index contributed by atoms with van der Waals surface area (Å²) in [5.74, 6) is 0. The summed E-state index contributed by atoms with van der Waals surface area (Å²) in [5, 5.41) is 10.3. The third-order valence-electron chi connectivity index (χ3n) is 8.28. The van der Waals surface area contributed by atoms with E-state index in [-0.39, 0.29) is 23.1 Å². The summed E-state index contributed by atoms with van der Waals surface area (Å²) in [6.07, 6.45) is -6.58. The normalized spacial score (nSPS) is 25.1. The number of H-pyrrole nitrogens is 1. The fourth-order valence-corrected chi connectivity index (χ4v) is 7.74. The number of hydrogen-bond acceptors (Lipinski definition) is 5. The molecule has 34 heavy (non-hydrogen) atoms. The molecule has 0 saturated carbocycles. The van der Waals surface area contributed by atoms with Gasteiger partial charge in [0.2, 0.25) is 0 Å². The summed E-state index contributed by atoms with van der Waals surface area (Å²) >= 11 is 0. The lowest BCUT2D eigenvalue weighted by Gasteiger charge is -2.49. The average Bonchev–Trinajstić information content (AvgIpc) is 2.95. The van der Waals surface area contributed by atoms with E-state index in [0.717, 1.165) is 4.57 Å². The van der Waals surface area contributed by atoms with Gasteiger partial charge in [-0.1, -0.05) is 54.6 Å². The van der Waals surface area contributed by atoms with Crippen molar-refractivity contribution in [1.29, 1.82) is 0 Å². The zero-order valence-corrected chi connectivity index (χ0v) is 23.8. The first kappa shape index (κ1) is 29.0. The molecule has 0 unspecified atom stereocenters. The second-order valence-electron chi connectivity index (χ2n) is 12.4. The smallest absolute Gasteiger partial charge is 0.414 e. The van der Waals surface area contributed by atoms with Crippen LogP contribution in [-0.2, 0) is 15.3 Å². The van der Waals surface area contributed by atoms with E-state index in [0.29, 0.717) is 6.20 Å². The lowest BCUT2D eigenvalue weighted by atomic mass is 10.1. The third-order valence-corrected chi connectivity index (χ3v) is 19.2. The van der Waals surface area contributed by atoms with Crippen molar-refractivity contribution in [3.63, 3.8) is 0 Å². The van der Waals surface area contributed by atoms with Gasteiger partial charge in [0, 0.05) is 12.6 Å². The maximum atomic E-state index is 13.4. The molecule has 0 bridgehead atoms. The Balaban J connectivity index is 2.57. The summed E-state index contributed by atoms with van der Waals surface area (Å²) in [6.45, 7) is 20.5. The number of aliphatic hydroxyl groups is 1. The first-order valence-corrected chi connectivity index (χ1v) is 17.3. The second-order valence-corrected chi connectivity index (χ2v) is 22.8. The van der Waals surface area contributed by atoms with Gasteiger partial charge >= 0.3 is 11.9 Å². The van der Waals surface area contributed by atoms with E-state index in [1.54, 1.807) is 4.98 Å². The zero-order valence-electron chi connectivity index (χ0n) is 21.8. The van der Waals surface area contributed by atoms with Crippen LogP contribution in [0, 0.1) is 0 Å². The van der Waals surface area contributed by atoms with Crippen LogP contribution in [0.25, 0.3) is 0 Å². The molecule has 1 aliphatic rings. The molecule has 2 heterocycles. The van der Waals surface area contributed by atoms with Gasteiger partial charge in [-0.05, 0) is 23.2 Å². The first-order valence-electron chi connectivity index (χ1n) is 11.4. The Morgan fingerprint density at radius 1 is 1.12 bits per heavy atom. The number of aromatic amines is 1. The molecule has 1 aromatic rings. The van der Waals surface area contributed by atoms with Crippen LogP contribution in [0.15, 0.2) is 15.8 Å². The molecule has 0 radical (unpaired) electrons. The highest BCUT2D eigenvalue weighted by molar-refractivity contribution is 6.83. The first-order chi connectivity index (χ1) is 15.0. The van der Waals surface area contributed by atoms with Gasteiger partial charge in [0.25, 0.3) is 5.56 Å². The molecule has 0 aliphatic carbocycles. The minimum absolute atomic E-state index is 0.0558. The van der Waals surface area contributed by atoms with Crippen LogP contribution in [-0.4, -0.2) is 49.0 Å². The minimum Gasteiger partial charge on any atom is -0.414 e. The van der Waals surface area contributed by atoms with E-state index in [9.17, 15) is 27.9 Å². The van der Waals surface area contributed by atoms with Gasteiger partial charge in [-0.25, -0.2) is 4.79 Å². The number of alkyl halides is 3. The Morgan fingerprint density at radius 2 is 1.65 bits per heavy atom. The maximum absolute atomic E-state index is 13.4. The van der Waals surface area contributed by atoms with E-state index in [2.05, 4.69) is 33.9 Å². The van der Waals surface area contributed by atoms with Crippen molar-refractivity contribution in [3.05, 3.63) is 32.6 Å². The topological polar surface area (TPSA) is 93.5 Å². The van der Waals surface area contributed by atoms with Crippen molar-refractivity contribution in [2.45, 2.75) is 108 Å². The number of hydrogen-bond donors (Lipinski definition) is 2. The second kappa shape index (κ2) is 8.72. The molecule has 2 N–H and O–H groups in total. The highest BCUT2D eigenvalue weighted by Crippen LogP contribution is 2.51. The van der Waals surface area contributed by atoms with Gasteiger partial charge in [0.1, 0.15) is 17.9 Å². The third kappa shape index (κ3) is 5.15. The van der Waals surface area contributed by atoms with Crippen LogP contribution >= 0.6 is 0 Å². The van der Waals surface area contributed by atoms with Gasteiger partial charge < -0.3 is 14.3 Å². The van der Waals surface area contributed by atoms with Crippen LogP contribution in [0.2, 0.25) is 36.3 Å². The van der Waals surface area contributed by atoms with Gasteiger partial charge in [0.15, 0.2) is 8.32 Å². The molecule has 0 aromatic carbocycles. The van der Waals surface area contributed by atoms with E-state index < -0.39 is 56.9 Å². The van der Waals surface area contributed by atoms with Crippen LogP contribution in [0.4, 0.5) is 13.2 Å². The van der Waals surface area contributed by atoms with Crippen LogP contribution in [0.3, 0.4) is 0 Å². The van der Waals surface area contributed by atoms with Crippen LogP contribution in [0.5, 0.6) is 0 Å². The standard InChI is InChI=1S/C22H39F3N2O5Si2/c1-19(2,3)33(7,8)21(30)11-16(32-15(21)13-31-34(9,10)20(4,5)6)27-12-14(22(23,24)25)17(28)26-18(27)29/h12,15-16,30H,11,13H2,1-10H3,(H,26,28,29)/t15-,16-,21-/m1/s1. The summed E-state index contributed by atoms with van der Waals surface area (Å²) < 4.78 is 53.2. The zero-order chi connectivity index (χ0) is 26.7. The van der Waals surface area contributed by atoms with Crippen molar-refractivity contribution in [3.8, 4) is 0 Å². The largest absolute Gasteiger partial charge is 0.423 e. The van der Waals surface area contributed by atoms with Gasteiger partial charge in [-0.3, -0.25) is 14.3 Å². The Hall–Kier alpha value is -1.22. The van der Waals surface area contributed by atoms with Crippen molar-refractivity contribution in [2.24, 2.45) is 0 Å². The minimum atomic E-state index is -4.94. The van der Waals surface area contributed by atoms with Gasteiger partial charge in [0.05, 0.1) is 19.9 Å².